The summed E-state index contributed by atoms with van der Waals surface area (Å²) in [6.07, 6.45) is 1.28. The molecule has 1 N–H and O–H groups in total. The van der Waals surface area contributed by atoms with Gasteiger partial charge in [-0.2, -0.15) is 10.5 Å². The van der Waals surface area contributed by atoms with E-state index in [1.807, 2.05) is 12.1 Å². The minimum absolute atomic E-state index is 0.0765. The third-order valence-corrected chi connectivity index (χ3v) is 4.24. The lowest BCUT2D eigenvalue weighted by Gasteiger charge is -2.09. The Labute approximate surface area is 122 Å². The van der Waals surface area contributed by atoms with Gasteiger partial charge in [-0.3, -0.25) is 4.72 Å². The summed E-state index contributed by atoms with van der Waals surface area (Å²) in [6.45, 7) is 1.61. The van der Waals surface area contributed by atoms with Crippen LogP contribution < -0.4 is 4.72 Å². The first-order valence-corrected chi connectivity index (χ1v) is 7.34. The molecule has 0 aliphatic rings. The number of benzene rings is 1. The summed E-state index contributed by atoms with van der Waals surface area (Å²) in [6, 6.07) is 11.0. The number of anilines is 1. The summed E-state index contributed by atoms with van der Waals surface area (Å²) in [7, 11) is -3.79. The normalized spacial score (nSPS) is 10.4. The first-order valence-electron chi connectivity index (χ1n) is 5.86. The molecule has 0 fully saturated rings. The van der Waals surface area contributed by atoms with Gasteiger partial charge in [-0.1, -0.05) is 0 Å². The molecule has 0 amide bonds. The van der Waals surface area contributed by atoms with Gasteiger partial charge in [0.25, 0.3) is 10.0 Å². The quantitative estimate of drug-likeness (QED) is 0.931. The van der Waals surface area contributed by atoms with Crippen LogP contribution in [0, 0.1) is 29.6 Å². The second-order valence-corrected chi connectivity index (χ2v) is 5.89. The SMILES string of the molecule is Cc1cc(C#N)ccc1S(=O)(=O)Nc1ccc(C#N)cn1. The lowest BCUT2D eigenvalue weighted by Crippen LogP contribution is -2.15. The van der Waals surface area contributed by atoms with Gasteiger partial charge in [0.1, 0.15) is 11.9 Å². The van der Waals surface area contributed by atoms with Gasteiger partial charge in [-0.25, -0.2) is 13.4 Å². The molecule has 7 heteroatoms. The summed E-state index contributed by atoms with van der Waals surface area (Å²) in [5.41, 5.74) is 1.20. The number of nitrogens with zero attached hydrogens (tertiary/aromatic N) is 3. The van der Waals surface area contributed by atoms with Crippen molar-refractivity contribution in [2.45, 2.75) is 11.8 Å². The Morgan fingerprint density at radius 2 is 1.76 bits per heavy atom. The summed E-state index contributed by atoms with van der Waals surface area (Å²) < 4.78 is 26.9. The number of sulfonamides is 1. The minimum atomic E-state index is -3.79. The van der Waals surface area contributed by atoms with Crippen molar-refractivity contribution in [1.82, 2.24) is 4.98 Å². The van der Waals surface area contributed by atoms with Crippen molar-refractivity contribution >= 4 is 15.8 Å². The second-order valence-electron chi connectivity index (χ2n) is 4.24. The van der Waals surface area contributed by atoms with Crippen LogP contribution in [-0.2, 0) is 10.0 Å². The molecule has 0 unspecified atom stereocenters. The van der Waals surface area contributed by atoms with Gasteiger partial charge >= 0.3 is 0 Å². The number of pyridine rings is 1. The Kier molecular flexibility index (Phi) is 3.88. The van der Waals surface area contributed by atoms with Crippen LogP contribution in [0.15, 0.2) is 41.4 Å². The van der Waals surface area contributed by atoms with Crippen LogP contribution in [0.5, 0.6) is 0 Å². The van der Waals surface area contributed by atoms with Crippen LogP contribution in [0.2, 0.25) is 0 Å². The van der Waals surface area contributed by atoms with Gasteiger partial charge in [0.2, 0.25) is 0 Å². The molecule has 6 nitrogen and oxygen atoms in total. The Balaban J connectivity index is 2.34. The topological polar surface area (TPSA) is 107 Å². The van der Waals surface area contributed by atoms with Gasteiger partial charge in [-0.05, 0) is 42.8 Å². The van der Waals surface area contributed by atoms with E-state index in [9.17, 15) is 8.42 Å². The van der Waals surface area contributed by atoms with Gasteiger partial charge in [0.15, 0.2) is 0 Å². The predicted molar refractivity (Wildman–Crippen MR) is 75.7 cm³/mol. The first kappa shape index (κ1) is 14.5. The summed E-state index contributed by atoms with van der Waals surface area (Å²) in [5.74, 6) is 0.123. The Bertz CT molecular complexity index is 859. The number of hydrogen-bond donors (Lipinski definition) is 1. The van der Waals surface area contributed by atoms with E-state index in [-0.39, 0.29) is 10.7 Å². The molecule has 0 atom stereocenters. The van der Waals surface area contributed by atoms with Crippen LogP contribution >= 0.6 is 0 Å². The van der Waals surface area contributed by atoms with E-state index in [2.05, 4.69) is 9.71 Å². The van der Waals surface area contributed by atoms with Gasteiger partial charge in [0.05, 0.1) is 22.1 Å². The lowest BCUT2D eigenvalue weighted by atomic mass is 10.2. The molecular formula is C14H10N4O2S. The van der Waals surface area contributed by atoms with E-state index < -0.39 is 10.0 Å². The number of nitriles is 2. The highest BCUT2D eigenvalue weighted by Gasteiger charge is 2.17. The third kappa shape index (κ3) is 3.16. The molecule has 1 aromatic heterocycles. The molecule has 0 spiro atoms. The maximum absolute atomic E-state index is 12.3. The molecule has 2 rings (SSSR count). The zero-order valence-electron chi connectivity index (χ0n) is 11.0. The molecule has 0 bridgehead atoms. The van der Waals surface area contributed by atoms with Crippen LogP contribution in [-0.4, -0.2) is 13.4 Å². The molecule has 104 valence electrons. The van der Waals surface area contributed by atoms with E-state index in [1.165, 1.54) is 36.5 Å². The number of hydrogen-bond acceptors (Lipinski definition) is 5. The fourth-order valence-electron chi connectivity index (χ4n) is 1.73. The van der Waals surface area contributed by atoms with E-state index in [1.54, 1.807) is 6.92 Å². The fraction of sp³-hybridized carbons (Fsp3) is 0.0714. The van der Waals surface area contributed by atoms with Crippen molar-refractivity contribution in [2.24, 2.45) is 0 Å². The van der Waals surface area contributed by atoms with E-state index >= 15 is 0 Å². The van der Waals surface area contributed by atoms with Gasteiger partial charge in [-0.15, -0.1) is 0 Å². The number of aryl methyl sites for hydroxylation is 1. The standard InChI is InChI=1S/C14H10N4O2S/c1-10-6-11(7-15)2-4-13(10)21(19,20)18-14-5-3-12(8-16)9-17-14/h2-6,9H,1H3,(H,17,18). The first-order chi connectivity index (χ1) is 9.96. The Morgan fingerprint density at radius 1 is 1.10 bits per heavy atom. The van der Waals surface area contributed by atoms with Crippen molar-refractivity contribution in [1.29, 1.82) is 10.5 Å². The van der Waals surface area contributed by atoms with E-state index in [4.69, 9.17) is 10.5 Å². The van der Waals surface area contributed by atoms with Crippen molar-refractivity contribution < 1.29 is 8.42 Å². The molecule has 0 saturated carbocycles. The lowest BCUT2D eigenvalue weighted by molar-refractivity contribution is 0.600. The Hall–Kier alpha value is -2.90. The molecule has 1 heterocycles. The maximum Gasteiger partial charge on any atom is 0.263 e. The summed E-state index contributed by atoms with van der Waals surface area (Å²) in [5, 5.41) is 17.5. The van der Waals surface area contributed by atoms with Gasteiger partial charge < -0.3 is 0 Å². The highest BCUT2D eigenvalue weighted by molar-refractivity contribution is 7.92. The average molecular weight is 298 g/mol. The molecular weight excluding hydrogens is 288 g/mol. The molecule has 2 aromatic rings. The van der Waals surface area contributed by atoms with Crippen molar-refractivity contribution in [3.8, 4) is 12.1 Å². The van der Waals surface area contributed by atoms with E-state index in [0.717, 1.165) is 0 Å². The Morgan fingerprint density at radius 3 is 2.29 bits per heavy atom. The van der Waals surface area contributed by atoms with E-state index in [0.29, 0.717) is 16.7 Å². The molecule has 21 heavy (non-hydrogen) atoms. The van der Waals surface area contributed by atoms with Crippen molar-refractivity contribution in [3.63, 3.8) is 0 Å². The molecule has 0 saturated heterocycles. The number of nitrogens with one attached hydrogen (secondary N) is 1. The molecule has 0 aliphatic heterocycles. The van der Waals surface area contributed by atoms with Gasteiger partial charge in [0, 0.05) is 6.20 Å². The van der Waals surface area contributed by atoms with Crippen LogP contribution in [0.1, 0.15) is 16.7 Å². The molecule has 1 aromatic carbocycles. The van der Waals surface area contributed by atoms with Crippen LogP contribution in [0.25, 0.3) is 0 Å². The highest BCUT2D eigenvalue weighted by atomic mass is 32.2. The smallest absolute Gasteiger partial charge is 0.263 e. The predicted octanol–water partition coefficient (Wildman–Crippen LogP) is 1.93. The van der Waals surface area contributed by atoms with Crippen molar-refractivity contribution in [3.05, 3.63) is 53.2 Å². The maximum atomic E-state index is 12.3. The average Bonchev–Trinajstić information content (AvgIpc) is 2.47. The summed E-state index contributed by atoms with van der Waals surface area (Å²) in [4.78, 5) is 3.94. The summed E-state index contributed by atoms with van der Waals surface area (Å²) >= 11 is 0. The monoisotopic (exact) mass is 298 g/mol. The number of aromatic nitrogens is 1. The fourth-order valence-corrected chi connectivity index (χ4v) is 2.97. The zero-order valence-corrected chi connectivity index (χ0v) is 11.8. The second kappa shape index (κ2) is 5.61. The minimum Gasteiger partial charge on any atom is -0.263 e. The third-order valence-electron chi connectivity index (χ3n) is 2.73. The highest BCUT2D eigenvalue weighted by Crippen LogP contribution is 2.19. The van der Waals surface area contributed by atoms with Crippen molar-refractivity contribution in [2.75, 3.05) is 4.72 Å². The molecule has 0 radical (unpaired) electrons. The zero-order chi connectivity index (χ0) is 15.5. The largest absolute Gasteiger partial charge is 0.263 e. The van der Waals surface area contributed by atoms with Crippen LogP contribution in [0.4, 0.5) is 5.82 Å². The van der Waals surface area contributed by atoms with Crippen LogP contribution in [0.3, 0.4) is 0 Å². The molecule has 0 aliphatic carbocycles. The number of rotatable bonds is 3.